The van der Waals surface area contributed by atoms with Crippen LogP contribution in [0.5, 0.6) is 11.5 Å². The number of para-hydroxylation sites is 1. The third-order valence-corrected chi connectivity index (χ3v) is 5.34. The van der Waals surface area contributed by atoms with Gasteiger partial charge in [-0.15, -0.1) is 0 Å². The van der Waals surface area contributed by atoms with Gasteiger partial charge in [-0.2, -0.15) is 0 Å². The molecule has 1 heterocycles. The summed E-state index contributed by atoms with van der Waals surface area (Å²) in [5.74, 6) is -0.293. The molecule has 9 nitrogen and oxygen atoms in total. The molecule has 0 aliphatic carbocycles. The largest absolute Gasteiger partial charge is 0.486 e. The van der Waals surface area contributed by atoms with Gasteiger partial charge in [-0.3, -0.25) is 9.10 Å². The maximum absolute atomic E-state index is 12.6. The Morgan fingerprint density at radius 1 is 1.10 bits per heavy atom. The predicted molar refractivity (Wildman–Crippen MR) is 111 cm³/mol. The van der Waals surface area contributed by atoms with Gasteiger partial charge >= 0.3 is 5.97 Å². The van der Waals surface area contributed by atoms with E-state index >= 15 is 0 Å². The van der Waals surface area contributed by atoms with Gasteiger partial charge in [-0.05, 0) is 31.2 Å². The van der Waals surface area contributed by atoms with Crippen LogP contribution < -0.4 is 19.1 Å². The number of hydrogen-bond acceptors (Lipinski definition) is 7. The van der Waals surface area contributed by atoms with E-state index in [0.29, 0.717) is 24.7 Å². The Bertz CT molecular complexity index is 1050. The lowest BCUT2D eigenvalue weighted by molar-refractivity contribution is -0.114. The van der Waals surface area contributed by atoms with Crippen LogP contribution in [0.2, 0.25) is 0 Å². The molecule has 0 saturated heterocycles. The van der Waals surface area contributed by atoms with E-state index in [9.17, 15) is 18.0 Å². The van der Waals surface area contributed by atoms with E-state index in [1.165, 1.54) is 18.2 Å². The van der Waals surface area contributed by atoms with Gasteiger partial charge < -0.3 is 19.5 Å². The van der Waals surface area contributed by atoms with Crippen LogP contribution in [-0.4, -0.2) is 52.9 Å². The number of fused-ring (bicyclic) bond motifs is 1. The number of anilines is 2. The molecular weight excluding hydrogens is 412 g/mol. The van der Waals surface area contributed by atoms with Gasteiger partial charge in [0.15, 0.2) is 11.5 Å². The van der Waals surface area contributed by atoms with Crippen LogP contribution in [-0.2, 0) is 19.6 Å². The van der Waals surface area contributed by atoms with Crippen LogP contribution in [0.15, 0.2) is 42.5 Å². The predicted octanol–water partition coefficient (Wildman–Crippen LogP) is 2.04. The maximum atomic E-state index is 12.6. The molecule has 0 unspecified atom stereocenters. The molecule has 2 aromatic rings. The van der Waals surface area contributed by atoms with Crippen molar-refractivity contribution in [1.82, 2.24) is 0 Å². The molecule has 0 atom stereocenters. The minimum atomic E-state index is -3.78. The summed E-state index contributed by atoms with van der Waals surface area (Å²) >= 11 is 0. The molecule has 0 saturated carbocycles. The Morgan fingerprint density at radius 2 is 1.80 bits per heavy atom. The number of nitrogens with zero attached hydrogens (tertiary/aromatic N) is 1. The number of carbonyl (C=O) groups excluding carboxylic acids is 2. The molecular formula is C20H22N2O7S. The standard InChI is InChI=1S/C20H22N2O7S/c1-3-27-20(24)15-6-4-5-7-16(15)21-19(23)13-22(30(2,25)26)14-8-9-17-18(12-14)29-11-10-28-17/h4-9,12H,3,10-11,13H2,1-2H3,(H,21,23). The van der Waals surface area contributed by atoms with Gasteiger partial charge in [0.1, 0.15) is 19.8 Å². The molecule has 2 aromatic carbocycles. The summed E-state index contributed by atoms with van der Waals surface area (Å²) in [5, 5.41) is 2.58. The van der Waals surface area contributed by atoms with Crippen molar-refractivity contribution in [3.05, 3.63) is 48.0 Å². The number of sulfonamides is 1. The quantitative estimate of drug-likeness (QED) is 0.664. The highest BCUT2D eigenvalue weighted by Gasteiger charge is 2.24. The molecule has 1 amide bonds. The number of amides is 1. The fourth-order valence-electron chi connectivity index (χ4n) is 2.89. The maximum Gasteiger partial charge on any atom is 0.340 e. The summed E-state index contributed by atoms with van der Waals surface area (Å²) in [6.45, 7) is 2.13. The highest BCUT2D eigenvalue weighted by atomic mass is 32.2. The van der Waals surface area contributed by atoms with Crippen molar-refractivity contribution in [3.8, 4) is 11.5 Å². The van der Waals surface area contributed by atoms with E-state index < -0.39 is 28.4 Å². The molecule has 0 radical (unpaired) electrons. The number of hydrogen-bond donors (Lipinski definition) is 1. The third kappa shape index (κ3) is 5.01. The summed E-state index contributed by atoms with van der Waals surface area (Å²) < 4.78 is 41.6. The van der Waals surface area contributed by atoms with Crippen LogP contribution in [0.1, 0.15) is 17.3 Å². The average molecular weight is 434 g/mol. The van der Waals surface area contributed by atoms with Crippen LogP contribution >= 0.6 is 0 Å². The van der Waals surface area contributed by atoms with E-state index in [1.807, 2.05) is 0 Å². The molecule has 3 rings (SSSR count). The van der Waals surface area contributed by atoms with E-state index in [2.05, 4.69) is 5.32 Å². The Morgan fingerprint density at radius 3 is 2.50 bits per heavy atom. The number of nitrogens with one attached hydrogen (secondary N) is 1. The molecule has 1 aliphatic heterocycles. The lowest BCUT2D eigenvalue weighted by Crippen LogP contribution is -2.37. The fourth-order valence-corrected chi connectivity index (χ4v) is 3.73. The normalized spacial score (nSPS) is 12.7. The van der Waals surface area contributed by atoms with E-state index in [-0.39, 0.29) is 23.5 Å². The number of ether oxygens (including phenoxy) is 3. The Labute approximate surface area is 174 Å². The molecule has 1 N–H and O–H groups in total. The minimum absolute atomic E-state index is 0.179. The monoisotopic (exact) mass is 434 g/mol. The summed E-state index contributed by atoms with van der Waals surface area (Å²) in [7, 11) is -3.78. The first-order valence-corrected chi connectivity index (χ1v) is 11.1. The van der Waals surface area contributed by atoms with Crippen LogP contribution in [0, 0.1) is 0 Å². The summed E-state index contributed by atoms with van der Waals surface area (Å²) in [6.07, 6.45) is 1.00. The highest BCUT2D eigenvalue weighted by Crippen LogP contribution is 2.34. The average Bonchev–Trinajstić information content (AvgIpc) is 2.71. The Balaban J connectivity index is 1.82. The van der Waals surface area contributed by atoms with E-state index in [4.69, 9.17) is 14.2 Å². The zero-order valence-electron chi connectivity index (χ0n) is 16.6. The molecule has 160 valence electrons. The van der Waals surface area contributed by atoms with Gasteiger partial charge in [-0.25, -0.2) is 13.2 Å². The van der Waals surface area contributed by atoms with Crippen molar-refractivity contribution in [2.24, 2.45) is 0 Å². The molecule has 0 spiro atoms. The smallest absolute Gasteiger partial charge is 0.340 e. The SMILES string of the molecule is CCOC(=O)c1ccccc1NC(=O)CN(c1ccc2c(c1)OCCO2)S(C)(=O)=O. The first-order chi connectivity index (χ1) is 14.3. The van der Waals surface area contributed by atoms with Gasteiger partial charge in [0, 0.05) is 6.07 Å². The molecule has 0 aromatic heterocycles. The lowest BCUT2D eigenvalue weighted by atomic mass is 10.2. The second kappa shape index (κ2) is 9.04. The Hall–Kier alpha value is -3.27. The lowest BCUT2D eigenvalue weighted by Gasteiger charge is -2.25. The van der Waals surface area contributed by atoms with Crippen LogP contribution in [0.25, 0.3) is 0 Å². The Kier molecular flexibility index (Phi) is 6.46. The zero-order chi connectivity index (χ0) is 21.7. The van der Waals surface area contributed by atoms with Crippen LogP contribution in [0.3, 0.4) is 0 Å². The van der Waals surface area contributed by atoms with Gasteiger partial charge in [-0.1, -0.05) is 12.1 Å². The van der Waals surface area contributed by atoms with Crippen molar-refractivity contribution in [3.63, 3.8) is 0 Å². The number of esters is 1. The van der Waals surface area contributed by atoms with Crippen molar-refractivity contribution in [2.45, 2.75) is 6.92 Å². The second-order valence-electron chi connectivity index (χ2n) is 6.41. The van der Waals surface area contributed by atoms with E-state index in [0.717, 1.165) is 10.6 Å². The van der Waals surface area contributed by atoms with Crippen molar-refractivity contribution < 1.29 is 32.2 Å². The minimum Gasteiger partial charge on any atom is -0.486 e. The highest BCUT2D eigenvalue weighted by molar-refractivity contribution is 7.92. The summed E-state index contributed by atoms with van der Waals surface area (Å²) in [5.41, 5.74) is 0.671. The zero-order valence-corrected chi connectivity index (χ0v) is 17.4. The number of rotatable bonds is 7. The number of carbonyl (C=O) groups is 2. The first kappa shape index (κ1) is 21.4. The van der Waals surface area contributed by atoms with Crippen molar-refractivity contribution >= 4 is 33.3 Å². The molecule has 10 heteroatoms. The first-order valence-electron chi connectivity index (χ1n) is 9.23. The van der Waals surface area contributed by atoms with Crippen molar-refractivity contribution in [2.75, 3.05) is 42.2 Å². The molecule has 0 bridgehead atoms. The van der Waals surface area contributed by atoms with E-state index in [1.54, 1.807) is 31.2 Å². The molecule has 30 heavy (non-hydrogen) atoms. The topological polar surface area (TPSA) is 111 Å². The third-order valence-electron chi connectivity index (χ3n) is 4.20. The second-order valence-corrected chi connectivity index (χ2v) is 8.32. The van der Waals surface area contributed by atoms with Crippen LogP contribution in [0.4, 0.5) is 11.4 Å². The molecule has 0 fully saturated rings. The molecule has 1 aliphatic rings. The summed E-state index contributed by atoms with van der Waals surface area (Å²) in [4.78, 5) is 24.7. The fraction of sp³-hybridized carbons (Fsp3) is 0.300. The number of benzene rings is 2. The van der Waals surface area contributed by atoms with Crippen molar-refractivity contribution in [1.29, 1.82) is 0 Å². The van der Waals surface area contributed by atoms with Gasteiger partial charge in [0.25, 0.3) is 0 Å². The summed E-state index contributed by atoms with van der Waals surface area (Å²) in [6, 6.07) is 11.0. The van der Waals surface area contributed by atoms with Gasteiger partial charge in [0.05, 0.1) is 29.8 Å². The van der Waals surface area contributed by atoms with Gasteiger partial charge in [0.2, 0.25) is 15.9 Å².